The van der Waals surface area contributed by atoms with Gasteiger partial charge in [-0.2, -0.15) is 0 Å². The minimum atomic E-state index is -0.462. The molecule has 0 spiro atoms. The lowest BCUT2D eigenvalue weighted by Crippen LogP contribution is -2.30. The number of pyridine rings is 1. The number of halogens is 2. The lowest BCUT2D eigenvalue weighted by Gasteiger charge is -2.26. The fraction of sp³-hybridized carbons (Fsp3) is 0.217. The third-order valence-electron chi connectivity index (χ3n) is 5.25. The number of ether oxygens (including phenoxy) is 1. The van der Waals surface area contributed by atoms with E-state index in [4.69, 9.17) is 16.3 Å². The van der Waals surface area contributed by atoms with Crippen molar-refractivity contribution in [3.8, 4) is 17.0 Å². The number of rotatable bonds is 4. The maximum atomic E-state index is 14.8. The zero-order valence-electron chi connectivity index (χ0n) is 15.9. The Morgan fingerprint density at radius 3 is 2.72 bits per heavy atom. The SMILES string of the molecule is COc1ccc(-c2ccc(C(=O)N3CCC[C@@H]3c3ccccc3Cl)cc2F)cn1. The maximum Gasteiger partial charge on any atom is 0.254 e. The largest absolute Gasteiger partial charge is 0.481 e. The van der Waals surface area contributed by atoms with E-state index >= 15 is 0 Å². The first-order valence-electron chi connectivity index (χ1n) is 9.44. The zero-order chi connectivity index (χ0) is 20.4. The fourth-order valence-corrected chi connectivity index (χ4v) is 4.05. The molecule has 0 radical (unpaired) electrons. The molecule has 0 aliphatic carbocycles. The third-order valence-corrected chi connectivity index (χ3v) is 5.59. The second-order valence-electron chi connectivity index (χ2n) is 6.96. The molecule has 2 heterocycles. The van der Waals surface area contributed by atoms with Gasteiger partial charge < -0.3 is 9.64 Å². The molecular formula is C23H20ClFN2O2. The summed E-state index contributed by atoms with van der Waals surface area (Å²) in [4.78, 5) is 19.0. The molecule has 0 saturated carbocycles. The van der Waals surface area contributed by atoms with Crippen molar-refractivity contribution in [1.82, 2.24) is 9.88 Å². The first-order chi connectivity index (χ1) is 14.1. The Labute approximate surface area is 173 Å². The summed E-state index contributed by atoms with van der Waals surface area (Å²) in [6.07, 6.45) is 3.28. The highest BCUT2D eigenvalue weighted by atomic mass is 35.5. The summed E-state index contributed by atoms with van der Waals surface area (Å²) in [6, 6.07) is 15.4. The van der Waals surface area contributed by atoms with E-state index in [0.717, 1.165) is 18.4 Å². The second-order valence-corrected chi connectivity index (χ2v) is 7.37. The molecule has 4 nitrogen and oxygen atoms in total. The number of aromatic nitrogens is 1. The number of nitrogens with zero attached hydrogens (tertiary/aromatic N) is 2. The van der Waals surface area contributed by atoms with Gasteiger partial charge in [0, 0.05) is 40.5 Å². The van der Waals surface area contributed by atoms with Gasteiger partial charge in [-0.1, -0.05) is 35.9 Å². The number of carbonyl (C=O) groups is 1. The van der Waals surface area contributed by atoms with Crippen molar-refractivity contribution in [3.63, 3.8) is 0 Å². The number of hydrogen-bond donors (Lipinski definition) is 0. The Morgan fingerprint density at radius 1 is 1.21 bits per heavy atom. The van der Waals surface area contributed by atoms with Gasteiger partial charge in [0.1, 0.15) is 5.82 Å². The van der Waals surface area contributed by atoms with Crippen molar-refractivity contribution < 1.29 is 13.9 Å². The van der Waals surface area contributed by atoms with Crippen LogP contribution in [-0.4, -0.2) is 29.4 Å². The summed E-state index contributed by atoms with van der Waals surface area (Å²) in [7, 11) is 1.53. The normalized spacial score (nSPS) is 16.1. The zero-order valence-corrected chi connectivity index (χ0v) is 16.7. The minimum absolute atomic E-state index is 0.0928. The van der Waals surface area contributed by atoms with Crippen LogP contribution in [0.5, 0.6) is 5.88 Å². The van der Waals surface area contributed by atoms with Gasteiger partial charge in [-0.25, -0.2) is 9.37 Å². The molecule has 148 valence electrons. The molecular weight excluding hydrogens is 391 g/mol. The van der Waals surface area contributed by atoms with Crippen LogP contribution in [0, 0.1) is 5.82 Å². The van der Waals surface area contributed by atoms with E-state index in [1.165, 1.54) is 13.2 Å². The molecule has 1 aliphatic rings. The predicted octanol–water partition coefficient (Wildman–Crippen LogP) is 5.53. The number of methoxy groups -OCH3 is 1. The number of carbonyl (C=O) groups excluding carboxylic acids is 1. The fourth-order valence-electron chi connectivity index (χ4n) is 3.79. The molecule has 3 aromatic rings. The lowest BCUT2D eigenvalue weighted by molar-refractivity contribution is 0.0735. The van der Waals surface area contributed by atoms with Crippen LogP contribution in [-0.2, 0) is 0 Å². The van der Waals surface area contributed by atoms with Gasteiger partial charge in [0.25, 0.3) is 5.91 Å². The molecule has 29 heavy (non-hydrogen) atoms. The topological polar surface area (TPSA) is 42.4 Å². The Hall–Kier alpha value is -2.92. The molecule has 0 N–H and O–H groups in total. The van der Waals surface area contributed by atoms with E-state index in [9.17, 15) is 9.18 Å². The Bertz CT molecular complexity index is 1040. The summed E-state index contributed by atoms with van der Waals surface area (Å²) >= 11 is 6.34. The number of amides is 1. The van der Waals surface area contributed by atoms with Crippen molar-refractivity contribution in [2.75, 3.05) is 13.7 Å². The average molecular weight is 411 g/mol. The smallest absolute Gasteiger partial charge is 0.254 e. The Kier molecular flexibility index (Phi) is 5.49. The molecule has 1 aliphatic heterocycles. The minimum Gasteiger partial charge on any atom is -0.481 e. The van der Waals surface area contributed by atoms with E-state index in [-0.39, 0.29) is 11.9 Å². The quantitative estimate of drug-likeness (QED) is 0.568. The van der Waals surface area contributed by atoms with E-state index in [2.05, 4.69) is 4.98 Å². The van der Waals surface area contributed by atoms with Gasteiger partial charge in [0.2, 0.25) is 5.88 Å². The van der Waals surface area contributed by atoms with Gasteiger partial charge in [-0.05, 0) is 42.7 Å². The van der Waals surface area contributed by atoms with E-state index in [1.807, 2.05) is 24.3 Å². The molecule has 1 atom stereocenters. The number of likely N-dealkylation sites (tertiary alicyclic amines) is 1. The van der Waals surface area contributed by atoms with Crippen molar-refractivity contribution >= 4 is 17.5 Å². The molecule has 1 fully saturated rings. The highest BCUT2D eigenvalue weighted by molar-refractivity contribution is 6.31. The maximum absolute atomic E-state index is 14.8. The van der Waals surface area contributed by atoms with Crippen LogP contribution in [0.25, 0.3) is 11.1 Å². The highest BCUT2D eigenvalue weighted by Crippen LogP contribution is 2.37. The van der Waals surface area contributed by atoms with E-state index < -0.39 is 5.82 Å². The highest BCUT2D eigenvalue weighted by Gasteiger charge is 2.32. The van der Waals surface area contributed by atoms with Gasteiger partial charge >= 0.3 is 0 Å². The monoisotopic (exact) mass is 410 g/mol. The average Bonchev–Trinajstić information content (AvgIpc) is 3.23. The van der Waals surface area contributed by atoms with E-state index in [1.54, 1.807) is 35.4 Å². The van der Waals surface area contributed by atoms with Gasteiger partial charge in [0.15, 0.2) is 0 Å². The standard InChI is InChI=1S/C23H20ClFN2O2/c1-29-22-11-9-16(14-26-22)17-10-8-15(13-20(17)25)23(28)27-12-4-7-21(27)18-5-2-3-6-19(18)24/h2-3,5-6,8-11,13-14,21H,4,7,12H2,1H3/t21-/m1/s1. The molecule has 0 bridgehead atoms. The molecule has 0 unspecified atom stereocenters. The van der Waals surface area contributed by atoms with Crippen LogP contribution in [0.1, 0.15) is 34.8 Å². The van der Waals surface area contributed by atoms with Crippen molar-refractivity contribution in [2.24, 2.45) is 0 Å². The summed E-state index contributed by atoms with van der Waals surface area (Å²) in [5.74, 6) is -0.192. The molecule has 1 saturated heterocycles. The summed E-state index contributed by atoms with van der Waals surface area (Å²) in [6.45, 7) is 0.625. The summed E-state index contributed by atoms with van der Waals surface area (Å²) < 4.78 is 19.8. The third kappa shape index (κ3) is 3.83. The first kappa shape index (κ1) is 19.4. The van der Waals surface area contributed by atoms with Crippen LogP contribution in [0.15, 0.2) is 60.8 Å². The summed E-state index contributed by atoms with van der Waals surface area (Å²) in [5, 5.41) is 0.644. The number of hydrogen-bond acceptors (Lipinski definition) is 3. The van der Waals surface area contributed by atoms with Gasteiger partial charge in [-0.3, -0.25) is 4.79 Å². The molecule has 4 rings (SSSR count). The van der Waals surface area contributed by atoms with Crippen LogP contribution in [0.3, 0.4) is 0 Å². The second kappa shape index (κ2) is 8.21. The van der Waals surface area contributed by atoms with Crippen LogP contribution in [0.2, 0.25) is 5.02 Å². The summed E-state index contributed by atoms with van der Waals surface area (Å²) in [5.41, 5.74) is 2.27. The predicted molar refractivity (Wildman–Crippen MR) is 111 cm³/mol. The molecule has 1 aromatic heterocycles. The lowest BCUT2D eigenvalue weighted by atomic mass is 10.0. The van der Waals surface area contributed by atoms with E-state index in [0.29, 0.717) is 34.1 Å². The van der Waals surface area contributed by atoms with Crippen LogP contribution in [0.4, 0.5) is 4.39 Å². The van der Waals surface area contributed by atoms with Crippen LogP contribution < -0.4 is 4.74 Å². The Balaban J connectivity index is 1.60. The van der Waals surface area contributed by atoms with Crippen molar-refractivity contribution in [2.45, 2.75) is 18.9 Å². The first-order valence-corrected chi connectivity index (χ1v) is 9.81. The van der Waals surface area contributed by atoms with Gasteiger partial charge in [-0.15, -0.1) is 0 Å². The molecule has 2 aromatic carbocycles. The number of benzene rings is 2. The van der Waals surface area contributed by atoms with Gasteiger partial charge in [0.05, 0.1) is 13.2 Å². The van der Waals surface area contributed by atoms with Crippen LogP contribution >= 0.6 is 11.6 Å². The van der Waals surface area contributed by atoms with Crippen molar-refractivity contribution in [1.29, 1.82) is 0 Å². The molecule has 6 heteroatoms. The molecule has 1 amide bonds. The van der Waals surface area contributed by atoms with Crippen molar-refractivity contribution in [3.05, 3.63) is 82.8 Å². The Morgan fingerprint density at radius 2 is 2.03 bits per heavy atom.